The summed E-state index contributed by atoms with van der Waals surface area (Å²) in [4.78, 5) is 4.21. The molecule has 0 amide bonds. The van der Waals surface area contributed by atoms with Crippen LogP contribution in [0.2, 0.25) is 0 Å². The van der Waals surface area contributed by atoms with E-state index in [0.29, 0.717) is 0 Å². The van der Waals surface area contributed by atoms with E-state index in [4.69, 9.17) is 5.11 Å². The lowest BCUT2D eigenvalue weighted by molar-refractivity contribution is 0.282. The number of rotatable bonds is 1. The highest BCUT2D eigenvalue weighted by Crippen LogP contribution is 2.22. The zero-order valence-electron chi connectivity index (χ0n) is 6.87. The number of halogens is 1. The van der Waals surface area contributed by atoms with Crippen molar-refractivity contribution in [1.29, 1.82) is 0 Å². The number of hydrogen-bond acceptors (Lipinski definition) is 2. The first-order valence-corrected chi connectivity index (χ1v) is 4.74. The Morgan fingerprint density at radius 1 is 1.31 bits per heavy atom. The van der Waals surface area contributed by atoms with Crippen LogP contribution < -0.4 is 0 Å². The number of pyridine rings is 1. The van der Waals surface area contributed by atoms with Crippen molar-refractivity contribution in [2.45, 2.75) is 6.61 Å². The summed E-state index contributed by atoms with van der Waals surface area (Å²) in [5.74, 6) is 0. The van der Waals surface area contributed by atoms with E-state index in [9.17, 15) is 0 Å². The summed E-state index contributed by atoms with van der Waals surface area (Å²) in [5.41, 5.74) is 1.79. The first-order chi connectivity index (χ1) is 6.31. The third-order valence-corrected chi connectivity index (χ3v) is 2.63. The zero-order chi connectivity index (χ0) is 9.26. The van der Waals surface area contributed by atoms with Crippen molar-refractivity contribution < 1.29 is 5.11 Å². The van der Waals surface area contributed by atoms with E-state index in [2.05, 4.69) is 20.9 Å². The first kappa shape index (κ1) is 8.66. The minimum atomic E-state index is 0.0597. The molecule has 0 saturated heterocycles. The van der Waals surface area contributed by atoms with Crippen LogP contribution >= 0.6 is 15.9 Å². The highest BCUT2D eigenvalue weighted by atomic mass is 79.9. The van der Waals surface area contributed by atoms with Gasteiger partial charge in [0.2, 0.25) is 0 Å². The lowest BCUT2D eigenvalue weighted by Gasteiger charge is -2.01. The van der Waals surface area contributed by atoms with Crippen molar-refractivity contribution in [3.8, 4) is 0 Å². The summed E-state index contributed by atoms with van der Waals surface area (Å²) in [7, 11) is 0. The van der Waals surface area contributed by atoms with Gasteiger partial charge in [-0.25, -0.2) is 0 Å². The van der Waals surface area contributed by atoms with Gasteiger partial charge in [0.15, 0.2) is 0 Å². The van der Waals surface area contributed by atoms with Gasteiger partial charge < -0.3 is 5.11 Å². The van der Waals surface area contributed by atoms with Gasteiger partial charge in [0.05, 0.1) is 12.1 Å². The first-order valence-electron chi connectivity index (χ1n) is 3.95. The monoisotopic (exact) mass is 237 g/mol. The van der Waals surface area contributed by atoms with Crippen molar-refractivity contribution >= 4 is 26.8 Å². The molecule has 66 valence electrons. The van der Waals surface area contributed by atoms with Gasteiger partial charge in [0.1, 0.15) is 0 Å². The summed E-state index contributed by atoms with van der Waals surface area (Å²) in [6.45, 7) is 0.0597. The van der Waals surface area contributed by atoms with Crippen LogP contribution in [0.3, 0.4) is 0 Å². The van der Waals surface area contributed by atoms with Crippen molar-refractivity contribution in [3.63, 3.8) is 0 Å². The number of aliphatic hydroxyl groups is 1. The van der Waals surface area contributed by atoms with Gasteiger partial charge in [0, 0.05) is 16.1 Å². The quantitative estimate of drug-likeness (QED) is 0.827. The minimum absolute atomic E-state index is 0.0597. The molecule has 2 aromatic rings. The van der Waals surface area contributed by atoms with E-state index in [1.54, 1.807) is 6.20 Å². The highest BCUT2D eigenvalue weighted by molar-refractivity contribution is 9.10. The molecule has 1 N–H and O–H groups in total. The summed E-state index contributed by atoms with van der Waals surface area (Å²) in [6, 6.07) is 7.65. The Kier molecular flexibility index (Phi) is 2.29. The number of benzene rings is 1. The highest BCUT2D eigenvalue weighted by Gasteiger charge is 1.99. The third-order valence-electron chi connectivity index (χ3n) is 1.94. The average Bonchev–Trinajstić information content (AvgIpc) is 2.18. The lowest BCUT2D eigenvalue weighted by atomic mass is 10.1. The molecule has 2 rings (SSSR count). The van der Waals surface area contributed by atoms with E-state index < -0.39 is 0 Å². The van der Waals surface area contributed by atoms with Gasteiger partial charge >= 0.3 is 0 Å². The molecule has 0 aliphatic rings. The Balaban J connectivity index is 2.72. The molecule has 1 heterocycles. The molecule has 0 spiro atoms. The number of hydrogen-bond donors (Lipinski definition) is 1. The maximum Gasteiger partial charge on any atom is 0.0716 e. The lowest BCUT2D eigenvalue weighted by Crippen LogP contribution is -1.85. The summed E-state index contributed by atoms with van der Waals surface area (Å²) in [5, 5.41) is 10.00. The predicted octanol–water partition coefficient (Wildman–Crippen LogP) is 2.49. The zero-order valence-corrected chi connectivity index (χ0v) is 8.45. The SMILES string of the molecule is OCc1ccc2c(Br)ccnc2c1. The molecule has 2 nitrogen and oxygen atoms in total. The van der Waals surface area contributed by atoms with Crippen LogP contribution in [0.1, 0.15) is 5.56 Å². The van der Waals surface area contributed by atoms with Crippen LogP contribution in [0.15, 0.2) is 34.9 Å². The fourth-order valence-electron chi connectivity index (χ4n) is 1.26. The molecular formula is C10H8BrNO. The topological polar surface area (TPSA) is 33.1 Å². The van der Waals surface area contributed by atoms with Gasteiger partial charge in [-0.05, 0) is 17.7 Å². The second-order valence-electron chi connectivity index (χ2n) is 2.80. The van der Waals surface area contributed by atoms with Gasteiger partial charge in [0.25, 0.3) is 0 Å². The van der Waals surface area contributed by atoms with Crippen molar-refractivity contribution in [2.75, 3.05) is 0 Å². The molecule has 0 unspecified atom stereocenters. The predicted molar refractivity (Wildman–Crippen MR) is 55.4 cm³/mol. The van der Waals surface area contributed by atoms with E-state index in [1.807, 2.05) is 24.3 Å². The molecule has 0 aliphatic carbocycles. The second-order valence-corrected chi connectivity index (χ2v) is 3.66. The molecule has 0 fully saturated rings. The van der Waals surface area contributed by atoms with Crippen molar-refractivity contribution in [2.24, 2.45) is 0 Å². The van der Waals surface area contributed by atoms with Crippen LogP contribution in [0, 0.1) is 0 Å². The van der Waals surface area contributed by atoms with Gasteiger partial charge in [-0.2, -0.15) is 0 Å². The van der Waals surface area contributed by atoms with Crippen LogP contribution in [0.5, 0.6) is 0 Å². The largest absolute Gasteiger partial charge is 0.392 e. The Bertz CT molecular complexity index is 442. The van der Waals surface area contributed by atoms with E-state index in [0.717, 1.165) is 20.9 Å². The fraction of sp³-hybridized carbons (Fsp3) is 0.100. The standard InChI is InChI=1S/C10H8BrNO/c11-9-3-4-12-10-5-7(6-13)1-2-8(9)10/h1-5,13H,6H2. The number of nitrogens with zero attached hydrogens (tertiary/aromatic N) is 1. The smallest absolute Gasteiger partial charge is 0.0716 e. The van der Waals surface area contributed by atoms with E-state index in [1.165, 1.54) is 0 Å². The normalized spacial score (nSPS) is 10.6. The number of aromatic nitrogens is 1. The van der Waals surface area contributed by atoms with Crippen LogP contribution in [-0.2, 0) is 6.61 Å². The molecule has 1 aromatic carbocycles. The van der Waals surface area contributed by atoms with Crippen molar-refractivity contribution in [1.82, 2.24) is 4.98 Å². The maximum absolute atomic E-state index is 8.93. The molecule has 0 radical (unpaired) electrons. The molecule has 0 bridgehead atoms. The van der Waals surface area contributed by atoms with Gasteiger partial charge in [-0.3, -0.25) is 4.98 Å². The minimum Gasteiger partial charge on any atom is -0.392 e. The molecule has 0 saturated carbocycles. The molecule has 0 atom stereocenters. The molecule has 13 heavy (non-hydrogen) atoms. The summed E-state index contributed by atoms with van der Waals surface area (Å²) in [6.07, 6.45) is 1.74. The van der Waals surface area contributed by atoms with Crippen LogP contribution in [-0.4, -0.2) is 10.1 Å². The van der Waals surface area contributed by atoms with Crippen LogP contribution in [0.4, 0.5) is 0 Å². The Labute approximate surface area is 84.4 Å². The van der Waals surface area contributed by atoms with Gasteiger partial charge in [-0.15, -0.1) is 0 Å². The Hall–Kier alpha value is -0.930. The third kappa shape index (κ3) is 1.57. The summed E-state index contributed by atoms with van der Waals surface area (Å²) < 4.78 is 1.03. The second kappa shape index (κ2) is 3.44. The number of fused-ring (bicyclic) bond motifs is 1. The Morgan fingerprint density at radius 3 is 2.92 bits per heavy atom. The van der Waals surface area contributed by atoms with Crippen LogP contribution in [0.25, 0.3) is 10.9 Å². The molecule has 3 heteroatoms. The van der Waals surface area contributed by atoms with E-state index >= 15 is 0 Å². The average molecular weight is 238 g/mol. The van der Waals surface area contributed by atoms with Crippen molar-refractivity contribution in [3.05, 3.63) is 40.5 Å². The van der Waals surface area contributed by atoms with E-state index in [-0.39, 0.29) is 6.61 Å². The van der Waals surface area contributed by atoms with Gasteiger partial charge in [-0.1, -0.05) is 28.1 Å². The molecular weight excluding hydrogens is 230 g/mol. The Morgan fingerprint density at radius 2 is 2.15 bits per heavy atom. The molecule has 1 aromatic heterocycles. The summed E-state index contributed by atoms with van der Waals surface area (Å²) >= 11 is 3.44. The maximum atomic E-state index is 8.93. The number of aliphatic hydroxyl groups excluding tert-OH is 1. The molecule has 0 aliphatic heterocycles. The fourth-order valence-corrected chi connectivity index (χ4v) is 1.71.